The molecule has 0 amide bonds. The van der Waals surface area contributed by atoms with Crippen molar-refractivity contribution in [2.24, 2.45) is 0 Å². The summed E-state index contributed by atoms with van der Waals surface area (Å²) in [5.41, 5.74) is 0.898. The molecule has 2 aromatic carbocycles. The van der Waals surface area contributed by atoms with Crippen LogP contribution >= 0.6 is 11.8 Å². The zero-order valence-corrected chi connectivity index (χ0v) is 10.9. The van der Waals surface area contributed by atoms with E-state index < -0.39 is 10.0 Å². The second kappa shape index (κ2) is 5.29. The predicted molar refractivity (Wildman–Crippen MR) is 73.2 cm³/mol. The molecule has 0 saturated heterocycles. The Labute approximate surface area is 111 Å². The summed E-state index contributed by atoms with van der Waals surface area (Å²) < 4.78 is 26.7. The third-order valence-electron chi connectivity index (χ3n) is 2.33. The van der Waals surface area contributed by atoms with Crippen LogP contribution in [0.4, 0.5) is 11.4 Å². The normalized spacial score (nSPS) is 10.9. The smallest absolute Gasteiger partial charge is 0.261 e. The van der Waals surface area contributed by atoms with Crippen LogP contribution in [0, 0.1) is 0 Å². The van der Waals surface area contributed by atoms with Gasteiger partial charge in [0.15, 0.2) is 0 Å². The standard InChI is InChI=1S/C12H11ClN2O2S/c13-14-11-8-4-5-9-12(11)15-18(16,17)10-6-2-1-3-7-10/h1-9,14-15H. The number of benzene rings is 2. The van der Waals surface area contributed by atoms with Crippen molar-refractivity contribution in [3.63, 3.8) is 0 Å². The highest BCUT2D eigenvalue weighted by molar-refractivity contribution is 7.92. The molecule has 0 bridgehead atoms. The second-order valence-corrected chi connectivity index (χ2v) is 5.43. The van der Waals surface area contributed by atoms with Gasteiger partial charge in [0.1, 0.15) is 0 Å². The molecule has 2 aromatic rings. The van der Waals surface area contributed by atoms with Gasteiger partial charge in [-0.15, -0.1) is 0 Å². The molecule has 0 aliphatic carbocycles. The summed E-state index contributed by atoms with van der Waals surface area (Å²) in [5, 5.41) is 0. The summed E-state index contributed by atoms with van der Waals surface area (Å²) >= 11 is 5.52. The van der Waals surface area contributed by atoms with E-state index in [1.165, 1.54) is 12.1 Å². The monoisotopic (exact) mass is 282 g/mol. The Kier molecular flexibility index (Phi) is 3.74. The fourth-order valence-electron chi connectivity index (χ4n) is 1.46. The highest BCUT2D eigenvalue weighted by Crippen LogP contribution is 2.24. The molecular formula is C12H11ClN2O2S. The molecule has 0 aliphatic heterocycles. The molecule has 4 nitrogen and oxygen atoms in total. The first-order valence-electron chi connectivity index (χ1n) is 5.17. The number of sulfonamides is 1. The number of nitrogens with one attached hydrogen (secondary N) is 2. The molecule has 0 fully saturated rings. The van der Waals surface area contributed by atoms with E-state index in [-0.39, 0.29) is 4.90 Å². The van der Waals surface area contributed by atoms with Crippen LogP contribution in [-0.4, -0.2) is 8.42 Å². The lowest BCUT2D eigenvalue weighted by atomic mass is 10.3. The van der Waals surface area contributed by atoms with Gasteiger partial charge in [-0.25, -0.2) is 8.42 Å². The number of hydrogen-bond acceptors (Lipinski definition) is 3. The van der Waals surface area contributed by atoms with Crippen LogP contribution in [0.2, 0.25) is 0 Å². The Morgan fingerprint density at radius 3 is 2.00 bits per heavy atom. The van der Waals surface area contributed by atoms with Gasteiger partial charge in [0.2, 0.25) is 0 Å². The molecule has 2 N–H and O–H groups in total. The summed E-state index contributed by atoms with van der Waals surface area (Å²) in [6, 6.07) is 14.9. The number of halogens is 1. The van der Waals surface area contributed by atoms with Crippen LogP contribution in [0.5, 0.6) is 0 Å². The molecule has 6 heteroatoms. The van der Waals surface area contributed by atoms with E-state index in [2.05, 4.69) is 9.56 Å². The van der Waals surface area contributed by atoms with Crippen molar-refractivity contribution in [3.05, 3.63) is 54.6 Å². The van der Waals surface area contributed by atoms with Gasteiger partial charge in [0.05, 0.1) is 16.3 Å². The summed E-state index contributed by atoms with van der Waals surface area (Å²) in [7, 11) is -3.59. The largest absolute Gasteiger partial charge is 0.296 e. The first-order chi connectivity index (χ1) is 8.63. The Morgan fingerprint density at radius 2 is 1.39 bits per heavy atom. The minimum Gasteiger partial charge on any atom is -0.296 e. The zero-order chi connectivity index (χ0) is 13.0. The molecule has 0 heterocycles. The van der Waals surface area contributed by atoms with Crippen LogP contribution < -0.4 is 9.56 Å². The van der Waals surface area contributed by atoms with Gasteiger partial charge in [0, 0.05) is 11.8 Å². The molecule has 2 rings (SSSR count). The third kappa shape index (κ3) is 2.75. The maximum Gasteiger partial charge on any atom is 0.261 e. The average Bonchev–Trinajstić information content (AvgIpc) is 2.40. The molecule has 0 saturated carbocycles. The van der Waals surface area contributed by atoms with E-state index in [0.717, 1.165) is 0 Å². The van der Waals surface area contributed by atoms with Crippen LogP contribution in [0.3, 0.4) is 0 Å². The van der Waals surface area contributed by atoms with Gasteiger partial charge in [0.25, 0.3) is 10.0 Å². The van der Waals surface area contributed by atoms with Crippen molar-refractivity contribution in [2.75, 3.05) is 9.56 Å². The summed E-state index contributed by atoms with van der Waals surface area (Å²) in [6.07, 6.45) is 0. The number of rotatable bonds is 4. The lowest BCUT2D eigenvalue weighted by Gasteiger charge is -2.11. The van der Waals surface area contributed by atoms with E-state index in [9.17, 15) is 8.42 Å². The summed E-state index contributed by atoms with van der Waals surface area (Å²) in [4.78, 5) is 2.62. The Balaban J connectivity index is 2.34. The number of anilines is 2. The molecule has 18 heavy (non-hydrogen) atoms. The summed E-state index contributed by atoms with van der Waals surface area (Å²) in [5.74, 6) is 0. The Hall–Kier alpha value is -1.72. The molecule has 0 aromatic heterocycles. The van der Waals surface area contributed by atoms with Gasteiger partial charge in [-0.05, 0) is 24.3 Å². The van der Waals surface area contributed by atoms with Crippen molar-refractivity contribution in [1.29, 1.82) is 0 Å². The van der Waals surface area contributed by atoms with Gasteiger partial charge < -0.3 is 0 Å². The maximum absolute atomic E-state index is 12.1. The second-order valence-electron chi connectivity index (χ2n) is 3.56. The third-order valence-corrected chi connectivity index (χ3v) is 3.91. The van der Waals surface area contributed by atoms with Crippen molar-refractivity contribution >= 4 is 33.2 Å². The number of hydrogen-bond donors (Lipinski definition) is 2. The Morgan fingerprint density at radius 1 is 0.833 bits per heavy atom. The maximum atomic E-state index is 12.1. The first-order valence-corrected chi connectivity index (χ1v) is 7.03. The molecular weight excluding hydrogens is 272 g/mol. The van der Waals surface area contributed by atoms with Crippen LogP contribution in [0.1, 0.15) is 0 Å². The zero-order valence-electron chi connectivity index (χ0n) is 9.30. The van der Waals surface area contributed by atoms with Gasteiger partial charge in [-0.2, -0.15) is 0 Å². The lowest BCUT2D eigenvalue weighted by molar-refractivity contribution is 0.601. The van der Waals surface area contributed by atoms with E-state index in [0.29, 0.717) is 11.4 Å². The van der Waals surface area contributed by atoms with Gasteiger partial charge in [-0.1, -0.05) is 30.3 Å². The van der Waals surface area contributed by atoms with Crippen LogP contribution in [-0.2, 0) is 10.0 Å². The van der Waals surface area contributed by atoms with Crippen LogP contribution in [0.25, 0.3) is 0 Å². The van der Waals surface area contributed by atoms with Crippen molar-refractivity contribution in [1.82, 2.24) is 0 Å². The van der Waals surface area contributed by atoms with Crippen molar-refractivity contribution < 1.29 is 8.42 Å². The predicted octanol–water partition coefficient (Wildman–Crippen LogP) is 3.05. The highest BCUT2D eigenvalue weighted by Gasteiger charge is 2.14. The Bertz CT molecular complexity index is 630. The molecule has 94 valence electrons. The minimum absolute atomic E-state index is 0.203. The first kappa shape index (κ1) is 12.7. The minimum atomic E-state index is -3.59. The fraction of sp³-hybridized carbons (Fsp3) is 0. The summed E-state index contributed by atoms with van der Waals surface area (Å²) in [6.45, 7) is 0. The molecule has 0 spiro atoms. The lowest BCUT2D eigenvalue weighted by Crippen LogP contribution is -2.13. The molecule has 0 aliphatic rings. The van der Waals surface area contributed by atoms with Gasteiger partial charge >= 0.3 is 0 Å². The van der Waals surface area contributed by atoms with E-state index >= 15 is 0 Å². The fourth-order valence-corrected chi connectivity index (χ4v) is 2.72. The van der Waals surface area contributed by atoms with Crippen molar-refractivity contribution in [3.8, 4) is 0 Å². The quantitative estimate of drug-likeness (QED) is 0.848. The SMILES string of the molecule is O=S(=O)(Nc1ccccc1NCl)c1ccccc1. The van der Waals surface area contributed by atoms with E-state index in [1.807, 2.05) is 0 Å². The molecule has 0 unspecified atom stereocenters. The van der Waals surface area contributed by atoms with Crippen molar-refractivity contribution in [2.45, 2.75) is 4.90 Å². The topological polar surface area (TPSA) is 58.2 Å². The molecule has 0 radical (unpaired) electrons. The average molecular weight is 283 g/mol. The van der Waals surface area contributed by atoms with Gasteiger partial charge in [-0.3, -0.25) is 9.56 Å². The van der Waals surface area contributed by atoms with Crippen LogP contribution in [0.15, 0.2) is 59.5 Å². The number of para-hydroxylation sites is 2. The van der Waals surface area contributed by atoms with E-state index in [1.54, 1.807) is 42.5 Å². The van der Waals surface area contributed by atoms with E-state index in [4.69, 9.17) is 11.8 Å². The highest BCUT2D eigenvalue weighted by atomic mass is 35.5. The molecule has 0 atom stereocenters.